The molecule has 0 aromatic rings. The van der Waals surface area contributed by atoms with E-state index in [4.69, 9.17) is 0 Å². The van der Waals surface area contributed by atoms with Gasteiger partial charge in [-0.25, -0.2) is 0 Å². The van der Waals surface area contributed by atoms with Crippen molar-refractivity contribution in [3.63, 3.8) is 0 Å². The van der Waals surface area contributed by atoms with Crippen LogP contribution in [0.25, 0.3) is 0 Å². The van der Waals surface area contributed by atoms with Gasteiger partial charge in [-0.05, 0) is 13.8 Å². The minimum absolute atomic E-state index is 0.0625. The first kappa shape index (κ1) is 15.4. The summed E-state index contributed by atoms with van der Waals surface area (Å²) in [6.45, 7) is 2.81. The van der Waals surface area contributed by atoms with Crippen LogP contribution in [0.1, 0.15) is 20.3 Å². The molecule has 0 aromatic heterocycles. The molecule has 0 amide bonds. The topological polar surface area (TPSA) is 85.3 Å². The van der Waals surface area contributed by atoms with Gasteiger partial charge < -0.3 is 0 Å². The SMILES string of the molecule is CC(=O)CC(C)=O.O=[CH][Rh]([CH]=O)[CH]=O. The molecule has 0 atom stereocenters. The van der Waals surface area contributed by atoms with Crippen molar-refractivity contribution < 1.29 is 39.9 Å². The quantitative estimate of drug-likeness (QED) is 0.395. The third kappa shape index (κ3) is 13.6. The van der Waals surface area contributed by atoms with Crippen LogP contribution in [-0.4, -0.2) is 26.2 Å². The number of carbonyl (C=O) groups excluding carboxylic acids is 5. The first-order valence-electron chi connectivity index (χ1n) is 3.40. The minimum atomic E-state index is -2.14. The summed E-state index contributed by atoms with van der Waals surface area (Å²) in [6, 6.07) is 0. The summed E-state index contributed by atoms with van der Waals surface area (Å²) in [4.78, 5) is 50.0. The molecule has 0 aliphatic heterocycles. The van der Waals surface area contributed by atoms with E-state index in [1.165, 1.54) is 13.8 Å². The molecule has 0 aliphatic carbocycles. The first-order valence-corrected chi connectivity index (χ1v) is 6.24. The van der Waals surface area contributed by atoms with Crippen molar-refractivity contribution in [2.24, 2.45) is 0 Å². The van der Waals surface area contributed by atoms with Crippen molar-refractivity contribution >= 4 is 26.2 Å². The molecule has 0 heterocycles. The zero-order valence-electron chi connectivity index (χ0n) is 7.81. The Morgan fingerprint density at radius 1 is 0.929 bits per heavy atom. The second-order valence-corrected chi connectivity index (χ2v) is 4.95. The van der Waals surface area contributed by atoms with Crippen molar-refractivity contribution in [3.05, 3.63) is 0 Å². The Bertz CT molecular complexity index is 205. The molecule has 14 heavy (non-hydrogen) atoms. The summed E-state index contributed by atoms with van der Waals surface area (Å²) in [5, 5.41) is 0. The number of ketones is 2. The number of carbonyl (C=O) groups is 5. The van der Waals surface area contributed by atoms with Crippen LogP contribution in [0.3, 0.4) is 0 Å². The van der Waals surface area contributed by atoms with Gasteiger partial charge in [-0.15, -0.1) is 0 Å². The van der Waals surface area contributed by atoms with E-state index >= 15 is 0 Å². The average Bonchev–Trinajstić information content (AvgIpc) is 2.06. The fourth-order valence-corrected chi connectivity index (χ4v) is 0.679. The Balaban J connectivity index is 0. The predicted octanol–water partition coefficient (Wildman–Crippen LogP) is -0.270. The fourth-order valence-electron chi connectivity index (χ4n) is 0.406. The molecule has 0 aromatic carbocycles. The zero-order chi connectivity index (χ0) is 11.6. The van der Waals surface area contributed by atoms with Gasteiger partial charge in [0.2, 0.25) is 0 Å². The molecular weight excluding hydrogens is 279 g/mol. The molecule has 0 rings (SSSR count). The van der Waals surface area contributed by atoms with Gasteiger partial charge in [-0.1, -0.05) is 0 Å². The Hall–Kier alpha value is -1.03. The van der Waals surface area contributed by atoms with E-state index in [2.05, 4.69) is 0 Å². The van der Waals surface area contributed by atoms with Crippen LogP contribution in [0.15, 0.2) is 0 Å². The Morgan fingerprint density at radius 3 is 1.21 bits per heavy atom. The van der Waals surface area contributed by atoms with Crippen LogP contribution in [0.4, 0.5) is 0 Å². The van der Waals surface area contributed by atoms with Gasteiger partial charge in [-0.2, -0.15) is 0 Å². The summed E-state index contributed by atoms with van der Waals surface area (Å²) in [6.07, 6.45) is 0.0833. The number of Topliss-reactive ketones (excluding diaryl/α,β-unsaturated/α-hetero) is 2. The van der Waals surface area contributed by atoms with Crippen LogP contribution in [-0.2, 0) is 39.9 Å². The van der Waals surface area contributed by atoms with Crippen LogP contribution >= 0.6 is 0 Å². The summed E-state index contributed by atoms with van der Waals surface area (Å²) in [7, 11) is 0. The molecule has 0 aliphatic rings. The predicted molar refractivity (Wildman–Crippen MR) is 46.2 cm³/mol. The van der Waals surface area contributed by atoms with E-state index < -0.39 is 16.0 Å². The van der Waals surface area contributed by atoms with Gasteiger partial charge in [0.1, 0.15) is 11.6 Å². The molecule has 0 bridgehead atoms. The molecule has 0 N–H and O–H groups in total. The van der Waals surface area contributed by atoms with Gasteiger partial charge in [0.25, 0.3) is 0 Å². The van der Waals surface area contributed by atoms with Crippen molar-refractivity contribution in [3.8, 4) is 0 Å². The van der Waals surface area contributed by atoms with Crippen molar-refractivity contribution in [1.82, 2.24) is 0 Å². The van der Waals surface area contributed by atoms with Crippen LogP contribution in [0, 0.1) is 0 Å². The molecule has 0 radical (unpaired) electrons. The molecule has 0 saturated carbocycles. The van der Waals surface area contributed by atoms with Gasteiger partial charge in [0, 0.05) is 0 Å². The molecule has 0 unspecified atom stereocenters. The van der Waals surface area contributed by atoms with Crippen LogP contribution in [0.2, 0.25) is 0 Å². The molecular formula is C8H11O5Rh. The van der Waals surface area contributed by atoms with Crippen molar-refractivity contribution in [2.45, 2.75) is 20.3 Å². The maximum absolute atomic E-state index is 10.0. The second kappa shape index (κ2) is 10.1. The third-order valence-electron chi connectivity index (χ3n) is 0.770. The zero-order valence-corrected chi connectivity index (χ0v) is 9.45. The van der Waals surface area contributed by atoms with E-state index in [0.717, 1.165) is 0 Å². The van der Waals surface area contributed by atoms with Crippen LogP contribution < -0.4 is 0 Å². The first-order chi connectivity index (χ1) is 6.47. The average molecular weight is 290 g/mol. The molecule has 6 heteroatoms. The second-order valence-electron chi connectivity index (χ2n) is 2.15. The van der Waals surface area contributed by atoms with Crippen LogP contribution in [0.5, 0.6) is 0 Å². The van der Waals surface area contributed by atoms with E-state index in [9.17, 15) is 24.0 Å². The van der Waals surface area contributed by atoms with Gasteiger partial charge >= 0.3 is 45.0 Å². The van der Waals surface area contributed by atoms with E-state index in [1.54, 1.807) is 0 Å². The Morgan fingerprint density at radius 2 is 1.21 bits per heavy atom. The van der Waals surface area contributed by atoms with E-state index in [-0.39, 0.29) is 18.0 Å². The maximum atomic E-state index is 10.0. The molecule has 82 valence electrons. The number of hydrogen-bond acceptors (Lipinski definition) is 5. The van der Waals surface area contributed by atoms with Gasteiger partial charge in [-0.3, -0.25) is 9.59 Å². The normalized spacial score (nSPS) is 8.86. The Labute approximate surface area is 86.7 Å². The Kier molecular flexibility index (Phi) is 11.1. The third-order valence-corrected chi connectivity index (χ3v) is 2.11. The van der Waals surface area contributed by atoms with Gasteiger partial charge in [0.15, 0.2) is 0 Å². The monoisotopic (exact) mass is 290 g/mol. The van der Waals surface area contributed by atoms with Gasteiger partial charge in [0.05, 0.1) is 6.42 Å². The molecule has 0 fully saturated rings. The molecule has 0 saturated heterocycles. The van der Waals surface area contributed by atoms with E-state index in [1.807, 2.05) is 0 Å². The number of rotatable bonds is 5. The molecule has 0 spiro atoms. The molecule has 5 nitrogen and oxygen atoms in total. The summed E-state index contributed by atoms with van der Waals surface area (Å²) in [5.41, 5.74) is 0. The summed E-state index contributed by atoms with van der Waals surface area (Å²) >= 11 is -2.14. The number of hydrogen-bond donors (Lipinski definition) is 0. The fraction of sp³-hybridized carbons (Fsp3) is 0.375. The van der Waals surface area contributed by atoms with Crippen molar-refractivity contribution in [1.29, 1.82) is 0 Å². The van der Waals surface area contributed by atoms with Crippen molar-refractivity contribution in [2.75, 3.05) is 0 Å². The summed E-state index contributed by atoms with van der Waals surface area (Å²) < 4.78 is 0. The van der Waals surface area contributed by atoms with E-state index in [0.29, 0.717) is 14.6 Å². The standard InChI is InChI=1S/C5H8O2.3CHO.Rh/c1-4(6)3-5(2)7;3*1-2;/h3H2,1-2H3;3*1H;. The summed E-state index contributed by atoms with van der Waals surface area (Å²) in [5.74, 6) is -0.125.